The molecule has 1 aliphatic heterocycles. The molecule has 0 aromatic carbocycles. The number of aromatic nitrogens is 2. The minimum Gasteiger partial charge on any atom is -0.481 e. The molecule has 2 rings (SSSR count). The van der Waals surface area contributed by atoms with E-state index >= 15 is 0 Å². The molecule has 1 atom stereocenters. The number of carbonyl (C=O) groups is 1. The van der Waals surface area contributed by atoms with Crippen LogP contribution in [0.3, 0.4) is 0 Å². The van der Waals surface area contributed by atoms with Gasteiger partial charge in [-0.25, -0.2) is 0 Å². The molecule has 0 saturated carbocycles. The number of carbonyl (C=O) groups excluding carboxylic acids is 1. The summed E-state index contributed by atoms with van der Waals surface area (Å²) in [5, 5.41) is 0. The third-order valence-corrected chi connectivity index (χ3v) is 2.49. The molecule has 1 aromatic rings. The van der Waals surface area contributed by atoms with Crippen molar-refractivity contribution in [2.45, 2.75) is 12.5 Å². The van der Waals surface area contributed by atoms with E-state index in [1.165, 1.54) is 19.1 Å². The van der Waals surface area contributed by atoms with Gasteiger partial charge in [-0.15, -0.1) is 0 Å². The third-order valence-electron chi connectivity index (χ3n) is 2.49. The number of hydrogen-bond donors (Lipinski definition) is 1. The van der Waals surface area contributed by atoms with Crippen molar-refractivity contribution in [3.63, 3.8) is 0 Å². The van der Waals surface area contributed by atoms with E-state index in [0.29, 0.717) is 24.7 Å². The summed E-state index contributed by atoms with van der Waals surface area (Å²) in [6.07, 6.45) is 0.328. The van der Waals surface area contributed by atoms with Crippen molar-refractivity contribution in [2.24, 2.45) is 5.73 Å². The van der Waals surface area contributed by atoms with Gasteiger partial charge in [0.15, 0.2) is 0 Å². The SMILES string of the molecule is COc1cc(N2CC(N)CC2=O)nc(OC)n1. The van der Waals surface area contributed by atoms with Gasteiger partial charge >= 0.3 is 6.01 Å². The van der Waals surface area contributed by atoms with E-state index in [4.69, 9.17) is 15.2 Å². The van der Waals surface area contributed by atoms with E-state index in [9.17, 15) is 4.79 Å². The van der Waals surface area contributed by atoms with Crippen LogP contribution in [0.15, 0.2) is 6.07 Å². The molecule has 1 aromatic heterocycles. The summed E-state index contributed by atoms with van der Waals surface area (Å²) < 4.78 is 9.97. The van der Waals surface area contributed by atoms with Crippen molar-refractivity contribution in [2.75, 3.05) is 25.7 Å². The molecule has 92 valence electrons. The maximum absolute atomic E-state index is 11.7. The molecule has 2 N–H and O–H groups in total. The number of methoxy groups -OCH3 is 2. The number of ether oxygens (including phenoxy) is 2. The average molecular weight is 238 g/mol. The Bertz CT molecular complexity index is 415. The molecule has 7 nitrogen and oxygen atoms in total. The first-order valence-electron chi connectivity index (χ1n) is 5.17. The Hall–Kier alpha value is -1.89. The van der Waals surface area contributed by atoms with Gasteiger partial charge in [-0.05, 0) is 0 Å². The smallest absolute Gasteiger partial charge is 0.321 e. The lowest BCUT2D eigenvalue weighted by molar-refractivity contribution is -0.117. The Labute approximate surface area is 98.5 Å². The van der Waals surface area contributed by atoms with Gasteiger partial charge in [0, 0.05) is 25.1 Å². The molecular formula is C10H14N4O3. The first kappa shape index (κ1) is 11.6. The fourth-order valence-corrected chi connectivity index (χ4v) is 1.68. The minimum absolute atomic E-state index is 0.0553. The van der Waals surface area contributed by atoms with Crippen molar-refractivity contribution in [1.82, 2.24) is 9.97 Å². The standard InChI is InChI=1S/C10H14N4O3/c1-16-8-4-7(12-10(13-8)17-2)14-5-6(11)3-9(14)15/h4,6H,3,5,11H2,1-2H3. The summed E-state index contributed by atoms with van der Waals surface area (Å²) in [6, 6.07) is 1.58. The van der Waals surface area contributed by atoms with Crippen LogP contribution in [0.5, 0.6) is 11.9 Å². The summed E-state index contributed by atoms with van der Waals surface area (Å²) in [4.78, 5) is 21.3. The van der Waals surface area contributed by atoms with Gasteiger partial charge < -0.3 is 15.2 Å². The van der Waals surface area contributed by atoms with E-state index in [-0.39, 0.29) is 18.0 Å². The van der Waals surface area contributed by atoms with Crippen LogP contribution in [0.25, 0.3) is 0 Å². The Balaban J connectivity index is 2.34. The van der Waals surface area contributed by atoms with Gasteiger partial charge in [0.05, 0.1) is 14.2 Å². The summed E-state index contributed by atoms with van der Waals surface area (Å²) in [6.45, 7) is 0.447. The maximum atomic E-state index is 11.7. The molecule has 1 fully saturated rings. The van der Waals surface area contributed by atoms with Crippen LogP contribution < -0.4 is 20.1 Å². The zero-order valence-corrected chi connectivity index (χ0v) is 9.71. The van der Waals surface area contributed by atoms with E-state index in [1.807, 2.05) is 0 Å². The molecule has 0 spiro atoms. The van der Waals surface area contributed by atoms with Gasteiger partial charge in [-0.1, -0.05) is 0 Å². The second kappa shape index (κ2) is 4.54. The molecular weight excluding hydrogens is 224 g/mol. The Morgan fingerprint density at radius 1 is 1.41 bits per heavy atom. The highest BCUT2D eigenvalue weighted by atomic mass is 16.5. The van der Waals surface area contributed by atoms with Crippen molar-refractivity contribution >= 4 is 11.7 Å². The van der Waals surface area contributed by atoms with Crippen LogP contribution in [-0.4, -0.2) is 42.7 Å². The molecule has 1 amide bonds. The summed E-state index contributed by atoms with van der Waals surface area (Å²) in [7, 11) is 2.94. The van der Waals surface area contributed by atoms with E-state index in [1.54, 1.807) is 6.07 Å². The fraction of sp³-hybridized carbons (Fsp3) is 0.500. The van der Waals surface area contributed by atoms with Crippen LogP contribution in [0.1, 0.15) is 6.42 Å². The van der Waals surface area contributed by atoms with Gasteiger partial charge in [0.25, 0.3) is 0 Å². The van der Waals surface area contributed by atoms with E-state index in [0.717, 1.165) is 0 Å². The first-order chi connectivity index (χ1) is 8.13. The number of anilines is 1. The Morgan fingerprint density at radius 2 is 2.18 bits per heavy atom. The maximum Gasteiger partial charge on any atom is 0.321 e. The topological polar surface area (TPSA) is 90.6 Å². The monoisotopic (exact) mass is 238 g/mol. The number of hydrogen-bond acceptors (Lipinski definition) is 6. The predicted octanol–water partition coefficient (Wildman–Crippen LogP) is -0.442. The van der Waals surface area contributed by atoms with Crippen LogP contribution in [0.4, 0.5) is 5.82 Å². The zero-order valence-electron chi connectivity index (χ0n) is 9.71. The average Bonchev–Trinajstić information content (AvgIpc) is 2.67. The normalized spacial score (nSPS) is 19.6. The van der Waals surface area contributed by atoms with Gasteiger partial charge in [-0.2, -0.15) is 9.97 Å². The lowest BCUT2D eigenvalue weighted by Gasteiger charge is -2.15. The highest BCUT2D eigenvalue weighted by molar-refractivity contribution is 5.95. The number of nitrogens with two attached hydrogens (primary N) is 1. The molecule has 17 heavy (non-hydrogen) atoms. The van der Waals surface area contributed by atoms with Crippen LogP contribution in [0.2, 0.25) is 0 Å². The quantitative estimate of drug-likeness (QED) is 0.767. The summed E-state index contributed by atoms with van der Waals surface area (Å²) in [5.74, 6) is 0.743. The molecule has 7 heteroatoms. The zero-order chi connectivity index (χ0) is 12.4. The lowest BCUT2D eigenvalue weighted by atomic mass is 10.3. The predicted molar refractivity (Wildman–Crippen MR) is 60.1 cm³/mol. The van der Waals surface area contributed by atoms with Crippen molar-refractivity contribution in [3.05, 3.63) is 6.07 Å². The molecule has 1 saturated heterocycles. The summed E-state index contributed by atoms with van der Waals surface area (Å²) >= 11 is 0. The van der Waals surface area contributed by atoms with Crippen molar-refractivity contribution < 1.29 is 14.3 Å². The first-order valence-corrected chi connectivity index (χ1v) is 5.17. The summed E-state index contributed by atoms with van der Waals surface area (Å²) in [5.41, 5.74) is 5.73. The van der Waals surface area contributed by atoms with E-state index in [2.05, 4.69) is 9.97 Å². The fourth-order valence-electron chi connectivity index (χ4n) is 1.68. The molecule has 1 unspecified atom stereocenters. The number of nitrogens with zero attached hydrogens (tertiary/aromatic N) is 3. The Morgan fingerprint density at radius 3 is 2.71 bits per heavy atom. The highest BCUT2D eigenvalue weighted by Crippen LogP contribution is 2.24. The van der Waals surface area contributed by atoms with Crippen molar-refractivity contribution in [1.29, 1.82) is 0 Å². The van der Waals surface area contributed by atoms with Gasteiger partial charge in [0.2, 0.25) is 11.8 Å². The Kier molecular flexibility index (Phi) is 3.10. The highest BCUT2D eigenvalue weighted by Gasteiger charge is 2.29. The second-order valence-electron chi connectivity index (χ2n) is 3.72. The molecule has 0 bridgehead atoms. The lowest BCUT2D eigenvalue weighted by Crippen LogP contribution is -2.28. The van der Waals surface area contributed by atoms with Gasteiger partial charge in [0.1, 0.15) is 5.82 Å². The molecule has 0 aliphatic carbocycles. The minimum atomic E-state index is -0.158. The van der Waals surface area contributed by atoms with Gasteiger partial charge in [-0.3, -0.25) is 9.69 Å². The van der Waals surface area contributed by atoms with Crippen LogP contribution >= 0.6 is 0 Å². The largest absolute Gasteiger partial charge is 0.481 e. The van der Waals surface area contributed by atoms with E-state index < -0.39 is 0 Å². The van der Waals surface area contributed by atoms with Crippen LogP contribution in [-0.2, 0) is 4.79 Å². The van der Waals surface area contributed by atoms with Crippen molar-refractivity contribution in [3.8, 4) is 11.9 Å². The molecule has 2 heterocycles. The third kappa shape index (κ3) is 2.28. The van der Waals surface area contributed by atoms with Crippen LogP contribution in [0, 0.1) is 0 Å². The number of amides is 1. The molecule has 0 radical (unpaired) electrons. The second-order valence-corrected chi connectivity index (χ2v) is 3.72. The number of rotatable bonds is 3. The molecule has 1 aliphatic rings.